The molecule has 0 bridgehead atoms. The molecule has 0 saturated carbocycles. The summed E-state index contributed by atoms with van der Waals surface area (Å²) < 4.78 is 0. The third-order valence-electron chi connectivity index (χ3n) is 4.46. The Morgan fingerprint density at radius 3 is 2.50 bits per heavy atom. The van der Waals surface area contributed by atoms with E-state index in [-0.39, 0.29) is 8.41 Å². The Balaban J connectivity index is 2.31. The Labute approximate surface area is 112 Å². The normalized spacial score (nSPS) is 16.6. The van der Waals surface area contributed by atoms with E-state index in [0.29, 0.717) is 5.41 Å². The highest BCUT2D eigenvalue weighted by Gasteiger charge is 2.24. The second-order valence-corrected chi connectivity index (χ2v) is 8.77. The van der Waals surface area contributed by atoms with Crippen LogP contribution in [0.3, 0.4) is 0 Å². The molecule has 0 spiro atoms. The average Bonchev–Trinajstić information content (AvgIpc) is 2.81. The molecule has 0 atom stereocenters. The highest BCUT2D eigenvalue weighted by atomic mass is 79.9. The van der Waals surface area contributed by atoms with Gasteiger partial charge in [-0.25, -0.2) is 0 Å². The zero-order valence-corrected chi connectivity index (χ0v) is 13.6. The molecule has 0 aliphatic carbocycles. The Kier molecular flexibility index (Phi) is 7.14. The second kappa shape index (κ2) is 7.81. The maximum absolute atomic E-state index is 3.63. The third kappa shape index (κ3) is 4.44. The Hall–Kier alpha value is 0.567. The van der Waals surface area contributed by atoms with Gasteiger partial charge in [0, 0.05) is 13.7 Å². The SMILES string of the molecule is CCC(CC)(CCBr)CCC[Si]1=CCCC1. The molecular weight excluding hydrogens is 276 g/mol. The largest absolute Gasteiger partial charge is 0.104 e. The first-order chi connectivity index (χ1) is 7.76. The quantitative estimate of drug-likeness (QED) is 0.436. The molecule has 0 aromatic carbocycles. The Morgan fingerprint density at radius 1 is 1.25 bits per heavy atom. The molecule has 94 valence electrons. The van der Waals surface area contributed by atoms with E-state index in [9.17, 15) is 0 Å². The van der Waals surface area contributed by atoms with E-state index in [2.05, 4.69) is 35.4 Å². The molecule has 0 radical (unpaired) electrons. The predicted octanol–water partition coefficient (Wildman–Crippen LogP) is 5.03. The van der Waals surface area contributed by atoms with Crippen LogP contribution in [0.25, 0.3) is 0 Å². The minimum atomic E-state index is -0.00173. The smallest absolute Gasteiger partial charge is 0.00533 e. The van der Waals surface area contributed by atoms with Gasteiger partial charge in [-0.2, -0.15) is 0 Å². The van der Waals surface area contributed by atoms with Crippen molar-refractivity contribution in [2.75, 3.05) is 5.33 Å². The van der Waals surface area contributed by atoms with E-state index in [0.717, 1.165) is 0 Å². The van der Waals surface area contributed by atoms with E-state index in [1.807, 2.05) is 0 Å². The van der Waals surface area contributed by atoms with Gasteiger partial charge in [-0.3, -0.25) is 0 Å². The topological polar surface area (TPSA) is 0 Å². The van der Waals surface area contributed by atoms with Crippen molar-refractivity contribution in [3.05, 3.63) is 0 Å². The van der Waals surface area contributed by atoms with Gasteiger partial charge in [0.25, 0.3) is 0 Å². The van der Waals surface area contributed by atoms with Crippen molar-refractivity contribution < 1.29 is 0 Å². The number of hydrogen-bond acceptors (Lipinski definition) is 0. The fourth-order valence-corrected chi connectivity index (χ4v) is 6.34. The van der Waals surface area contributed by atoms with Crippen LogP contribution in [0, 0.1) is 5.41 Å². The maximum atomic E-state index is 3.63. The van der Waals surface area contributed by atoms with Crippen LogP contribution in [0.15, 0.2) is 0 Å². The summed E-state index contributed by atoms with van der Waals surface area (Å²) in [6.45, 7) is 4.75. The first-order valence-corrected chi connectivity index (χ1v) is 10.1. The zero-order valence-electron chi connectivity index (χ0n) is 11.0. The molecule has 0 amide bonds. The monoisotopic (exact) mass is 302 g/mol. The molecule has 1 rings (SSSR count). The summed E-state index contributed by atoms with van der Waals surface area (Å²) in [5, 5.41) is 1.18. The van der Waals surface area contributed by atoms with Crippen molar-refractivity contribution in [1.29, 1.82) is 0 Å². The molecule has 0 aromatic rings. The van der Waals surface area contributed by atoms with Crippen molar-refractivity contribution in [1.82, 2.24) is 0 Å². The van der Waals surface area contributed by atoms with Gasteiger partial charge >= 0.3 is 0 Å². The highest BCUT2D eigenvalue weighted by Crippen LogP contribution is 2.37. The molecule has 0 unspecified atom stereocenters. The van der Waals surface area contributed by atoms with Crippen LogP contribution in [-0.2, 0) is 0 Å². The fraction of sp³-hybridized carbons (Fsp3) is 0.929. The number of rotatable bonds is 8. The molecule has 1 aliphatic heterocycles. The summed E-state index contributed by atoms with van der Waals surface area (Å²) in [5.41, 5.74) is 3.30. The summed E-state index contributed by atoms with van der Waals surface area (Å²) >= 11 is 3.63. The van der Waals surface area contributed by atoms with Crippen LogP contribution in [0.5, 0.6) is 0 Å². The lowest BCUT2D eigenvalue weighted by Crippen LogP contribution is -2.20. The van der Waals surface area contributed by atoms with Gasteiger partial charge in [0.2, 0.25) is 0 Å². The van der Waals surface area contributed by atoms with Crippen LogP contribution in [0.2, 0.25) is 12.1 Å². The molecule has 1 aliphatic rings. The van der Waals surface area contributed by atoms with Gasteiger partial charge < -0.3 is 0 Å². The van der Waals surface area contributed by atoms with Gasteiger partial charge in [-0.15, -0.1) is 5.67 Å². The van der Waals surface area contributed by atoms with E-state index in [1.165, 1.54) is 50.3 Å². The van der Waals surface area contributed by atoms with Crippen LogP contribution in [0.4, 0.5) is 0 Å². The van der Waals surface area contributed by atoms with Crippen LogP contribution < -0.4 is 0 Å². The van der Waals surface area contributed by atoms with Gasteiger partial charge in [0.1, 0.15) is 0 Å². The van der Waals surface area contributed by atoms with Crippen molar-refractivity contribution >= 4 is 30.0 Å². The summed E-state index contributed by atoms with van der Waals surface area (Å²) in [7, 11) is -0.00173. The Morgan fingerprint density at radius 2 is 2.00 bits per heavy atom. The number of halogens is 1. The number of alkyl halides is 1. The molecule has 2 heteroatoms. The van der Waals surface area contributed by atoms with Crippen molar-refractivity contribution in [2.45, 2.75) is 70.9 Å². The summed E-state index contributed by atoms with van der Waals surface area (Å²) in [4.78, 5) is 0. The van der Waals surface area contributed by atoms with Crippen LogP contribution in [-0.4, -0.2) is 19.4 Å². The van der Waals surface area contributed by atoms with Gasteiger partial charge in [-0.05, 0) is 43.2 Å². The van der Waals surface area contributed by atoms with E-state index in [1.54, 1.807) is 12.1 Å². The lowest BCUT2D eigenvalue weighted by Gasteiger charge is -2.31. The molecule has 0 fully saturated rings. The van der Waals surface area contributed by atoms with Gasteiger partial charge in [-0.1, -0.05) is 49.0 Å². The number of hydrogen-bond donors (Lipinski definition) is 0. The fourth-order valence-electron chi connectivity index (χ4n) is 2.94. The molecule has 0 saturated heterocycles. The van der Waals surface area contributed by atoms with Gasteiger partial charge in [0.15, 0.2) is 0 Å². The standard InChI is InChI=1S/C14H27BrSi/c1-3-14(4-2,9-10-15)8-7-13-16-11-5-6-12-16/h11H,3-10,12-13H2,1-2H3. The molecule has 0 nitrogen and oxygen atoms in total. The predicted molar refractivity (Wildman–Crippen MR) is 81.3 cm³/mol. The molecule has 0 aromatic heterocycles. The minimum absolute atomic E-state index is 0.00173. The minimum Gasteiger partial charge on any atom is -0.104 e. The van der Waals surface area contributed by atoms with E-state index in [4.69, 9.17) is 0 Å². The van der Waals surface area contributed by atoms with Crippen molar-refractivity contribution in [2.24, 2.45) is 5.41 Å². The third-order valence-corrected chi connectivity index (χ3v) is 7.72. The Bertz CT molecular complexity index is 219. The highest BCUT2D eigenvalue weighted by molar-refractivity contribution is 9.09. The van der Waals surface area contributed by atoms with E-state index < -0.39 is 0 Å². The summed E-state index contributed by atoms with van der Waals surface area (Å²) in [6.07, 6.45) is 9.95. The first kappa shape index (κ1) is 14.6. The maximum Gasteiger partial charge on any atom is 0.00533 e. The van der Waals surface area contributed by atoms with E-state index >= 15 is 0 Å². The van der Waals surface area contributed by atoms with Crippen LogP contribution in [0.1, 0.15) is 58.8 Å². The second-order valence-electron chi connectivity index (χ2n) is 5.25. The summed E-state index contributed by atoms with van der Waals surface area (Å²) in [5.74, 6) is 0. The van der Waals surface area contributed by atoms with Crippen LogP contribution >= 0.6 is 15.9 Å². The first-order valence-electron chi connectivity index (χ1n) is 7.00. The summed E-state index contributed by atoms with van der Waals surface area (Å²) in [6, 6.07) is 3.11. The van der Waals surface area contributed by atoms with Crippen molar-refractivity contribution in [3.63, 3.8) is 0 Å². The molecular formula is C14H27BrSi. The lowest BCUT2D eigenvalue weighted by atomic mass is 9.76. The molecule has 1 heterocycles. The molecule has 0 N–H and O–H groups in total. The molecule has 16 heavy (non-hydrogen) atoms. The lowest BCUT2D eigenvalue weighted by molar-refractivity contribution is 0.229. The average molecular weight is 303 g/mol. The van der Waals surface area contributed by atoms with Crippen molar-refractivity contribution in [3.8, 4) is 0 Å². The zero-order chi connectivity index (χ0) is 11.9. The van der Waals surface area contributed by atoms with Gasteiger partial charge in [0.05, 0.1) is 0 Å².